The van der Waals surface area contributed by atoms with E-state index in [-0.39, 0.29) is 17.0 Å². The van der Waals surface area contributed by atoms with Gasteiger partial charge in [0.1, 0.15) is 0 Å². The highest BCUT2D eigenvalue weighted by atomic mass is 19.4. The summed E-state index contributed by atoms with van der Waals surface area (Å²) in [5.41, 5.74) is -1.36. The third-order valence-corrected chi connectivity index (χ3v) is 4.59. The first-order valence-electron chi connectivity index (χ1n) is 9.17. The van der Waals surface area contributed by atoms with Crippen molar-refractivity contribution in [2.75, 3.05) is 10.6 Å². The number of carbonyl (C=O) groups is 2. The van der Waals surface area contributed by atoms with Gasteiger partial charge in [-0.3, -0.25) is 9.59 Å². The summed E-state index contributed by atoms with van der Waals surface area (Å²) in [6.07, 6.45) is -3.47. The number of rotatable bonds is 4. The van der Waals surface area contributed by atoms with Crippen molar-refractivity contribution < 1.29 is 27.2 Å². The molecule has 156 valence electrons. The van der Waals surface area contributed by atoms with Crippen LogP contribution in [0.25, 0.3) is 10.8 Å². The smallest absolute Gasteiger partial charge is 0.418 e. The van der Waals surface area contributed by atoms with Crippen molar-refractivity contribution in [3.8, 4) is 0 Å². The van der Waals surface area contributed by atoms with Gasteiger partial charge in [0, 0.05) is 11.3 Å². The number of halogens is 3. The maximum atomic E-state index is 13.6. The molecular formula is C23H15F3N2O3. The number of hydrogen-bond acceptors (Lipinski definition) is 3. The molecule has 0 saturated heterocycles. The summed E-state index contributed by atoms with van der Waals surface area (Å²) in [6.45, 7) is 0. The molecule has 0 aliphatic carbocycles. The molecule has 0 spiro atoms. The second kappa shape index (κ2) is 7.98. The van der Waals surface area contributed by atoms with E-state index in [0.29, 0.717) is 0 Å². The minimum Gasteiger partial charge on any atom is -0.459 e. The zero-order valence-electron chi connectivity index (χ0n) is 15.9. The zero-order chi connectivity index (χ0) is 22.0. The lowest BCUT2D eigenvalue weighted by molar-refractivity contribution is -0.136. The van der Waals surface area contributed by atoms with Crippen molar-refractivity contribution in [1.29, 1.82) is 0 Å². The predicted octanol–water partition coefficient (Wildman–Crippen LogP) is 5.96. The molecule has 0 aliphatic heterocycles. The molecule has 0 bridgehead atoms. The van der Waals surface area contributed by atoms with Crippen LogP contribution in [0.4, 0.5) is 24.5 Å². The molecule has 0 unspecified atom stereocenters. The Balaban J connectivity index is 1.60. The summed E-state index contributed by atoms with van der Waals surface area (Å²) in [5, 5.41) is 6.36. The quantitative estimate of drug-likeness (QED) is 0.425. The Kier molecular flexibility index (Phi) is 5.21. The molecule has 3 aromatic carbocycles. The maximum Gasteiger partial charge on any atom is 0.418 e. The molecule has 0 radical (unpaired) electrons. The minimum absolute atomic E-state index is 0.0396. The number of hydrogen-bond donors (Lipinski definition) is 2. The van der Waals surface area contributed by atoms with Crippen LogP contribution in [-0.2, 0) is 6.18 Å². The Morgan fingerprint density at radius 1 is 0.774 bits per heavy atom. The number of furan rings is 1. The molecule has 0 fully saturated rings. The molecule has 31 heavy (non-hydrogen) atoms. The van der Waals surface area contributed by atoms with E-state index in [9.17, 15) is 22.8 Å². The first-order valence-corrected chi connectivity index (χ1v) is 9.17. The van der Waals surface area contributed by atoms with Gasteiger partial charge in [0.05, 0.1) is 17.5 Å². The average Bonchev–Trinajstić information content (AvgIpc) is 3.29. The Labute approximate surface area is 174 Å². The number of carbonyl (C=O) groups excluding carboxylic acids is 2. The van der Waals surface area contributed by atoms with E-state index < -0.39 is 29.2 Å². The third kappa shape index (κ3) is 4.42. The topological polar surface area (TPSA) is 71.3 Å². The Morgan fingerprint density at radius 3 is 2.26 bits per heavy atom. The van der Waals surface area contributed by atoms with Gasteiger partial charge in [-0.15, -0.1) is 0 Å². The normalized spacial score (nSPS) is 11.3. The maximum absolute atomic E-state index is 13.6. The fourth-order valence-corrected chi connectivity index (χ4v) is 3.09. The van der Waals surface area contributed by atoms with E-state index in [0.717, 1.165) is 22.9 Å². The number of fused-ring (bicyclic) bond motifs is 1. The minimum atomic E-state index is -4.75. The van der Waals surface area contributed by atoms with Gasteiger partial charge in [-0.2, -0.15) is 13.2 Å². The van der Waals surface area contributed by atoms with Gasteiger partial charge in [-0.1, -0.05) is 30.3 Å². The van der Waals surface area contributed by atoms with Crippen LogP contribution in [0.5, 0.6) is 0 Å². The van der Waals surface area contributed by atoms with Crippen molar-refractivity contribution >= 4 is 34.0 Å². The van der Waals surface area contributed by atoms with Crippen LogP contribution in [0.1, 0.15) is 26.5 Å². The molecule has 1 aromatic heterocycles. The standard InChI is InChI=1S/C23H15F3N2O3/c24-23(25,26)18-13-17(27-22(30)20-6-3-11-31-20)9-10-19(18)28-21(29)16-8-7-14-4-1-2-5-15(14)12-16/h1-13H,(H,27,30)(H,28,29). The molecule has 4 rings (SSSR count). The SMILES string of the molecule is O=C(Nc1ccc(NC(=O)c2ccco2)cc1C(F)(F)F)c1ccc2ccccc2c1. The van der Waals surface area contributed by atoms with Gasteiger partial charge in [0.25, 0.3) is 11.8 Å². The first kappa shape index (κ1) is 20.2. The molecule has 0 atom stereocenters. The average molecular weight is 424 g/mol. The molecule has 8 heteroatoms. The van der Waals surface area contributed by atoms with Crippen molar-refractivity contribution in [3.63, 3.8) is 0 Å². The van der Waals surface area contributed by atoms with E-state index >= 15 is 0 Å². The van der Waals surface area contributed by atoms with E-state index in [2.05, 4.69) is 10.6 Å². The number of alkyl halides is 3. The predicted molar refractivity (Wildman–Crippen MR) is 110 cm³/mol. The van der Waals surface area contributed by atoms with Gasteiger partial charge in [0.15, 0.2) is 5.76 Å². The van der Waals surface area contributed by atoms with Gasteiger partial charge in [-0.25, -0.2) is 0 Å². The first-order chi connectivity index (χ1) is 14.8. The summed E-state index contributed by atoms with van der Waals surface area (Å²) in [7, 11) is 0. The lowest BCUT2D eigenvalue weighted by Gasteiger charge is -2.16. The van der Waals surface area contributed by atoms with E-state index in [1.807, 2.05) is 24.3 Å². The van der Waals surface area contributed by atoms with Crippen LogP contribution in [0, 0.1) is 0 Å². The summed E-state index contributed by atoms with van der Waals surface area (Å²) in [6, 6.07) is 18.2. The second-order valence-corrected chi connectivity index (χ2v) is 6.71. The molecule has 0 saturated carbocycles. The highest BCUT2D eigenvalue weighted by Crippen LogP contribution is 2.37. The highest BCUT2D eigenvalue weighted by molar-refractivity contribution is 6.07. The number of anilines is 2. The highest BCUT2D eigenvalue weighted by Gasteiger charge is 2.34. The Hall–Kier alpha value is -4.07. The lowest BCUT2D eigenvalue weighted by Crippen LogP contribution is -2.18. The Morgan fingerprint density at radius 2 is 1.55 bits per heavy atom. The van der Waals surface area contributed by atoms with E-state index in [4.69, 9.17) is 4.42 Å². The van der Waals surface area contributed by atoms with Gasteiger partial charge >= 0.3 is 6.18 Å². The monoisotopic (exact) mass is 424 g/mol. The molecule has 4 aromatic rings. The van der Waals surface area contributed by atoms with E-state index in [1.54, 1.807) is 18.2 Å². The molecule has 0 aliphatic rings. The van der Waals surface area contributed by atoms with Crippen LogP contribution < -0.4 is 10.6 Å². The molecule has 5 nitrogen and oxygen atoms in total. The fraction of sp³-hybridized carbons (Fsp3) is 0.0435. The summed E-state index contributed by atoms with van der Waals surface area (Å²) in [4.78, 5) is 24.6. The van der Waals surface area contributed by atoms with Crippen LogP contribution in [0.2, 0.25) is 0 Å². The number of nitrogens with one attached hydrogen (secondary N) is 2. The summed E-state index contributed by atoms with van der Waals surface area (Å²) >= 11 is 0. The van der Waals surface area contributed by atoms with Crippen molar-refractivity contribution in [3.05, 3.63) is 95.9 Å². The fourth-order valence-electron chi connectivity index (χ4n) is 3.09. The van der Waals surface area contributed by atoms with Crippen LogP contribution in [0.15, 0.2) is 83.5 Å². The zero-order valence-corrected chi connectivity index (χ0v) is 15.9. The lowest BCUT2D eigenvalue weighted by atomic mass is 10.1. The number of amides is 2. The van der Waals surface area contributed by atoms with Gasteiger partial charge in [-0.05, 0) is 53.2 Å². The summed E-state index contributed by atoms with van der Waals surface area (Å²) < 4.78 is 45.8. The van der Waals surface area contributed by atoms with Crippen molar-refractivity contribution in [1.82, 2.24) is 0 Å². The summed E-state index contributed by atoms with van der Waals surface area (Å²) in [5.74, 6) is -1.41. The van der Waals surface area contributed by atoms with Gasteiger partial charge < -0.3 is 15.1 Å². The van der Waals surface area contributed by atoms with Crippen LogP contribution in [0.3, 0.4) is 0 Å². The number of benzene rings is 3. The van der Waals surface area contributed by atoms with Crippen LogP contribution in [-0.4, -0.2) is 11.8 Å². The van der Waals surface area contributed by atoms with Crippen molar-refractivity contribution in [2.24, 2.45) is 0 Å². The molecule has 1 heterocycles. The molecule has 2 amide bonds. The van der Waals surface area contributed by atoms with Gasteiger partial charge in [0.2, 0.25) is 0 Å². The molecular weight excluding hydrogens is 409 g/mol. The van der Waals surface area contributed by atoms with Crippen LogP contribution >= 0.6 is 0 Å². The molecule has 2 N–H and O–H groups in total. The largest absolute Gasteiger partial charge is 0.459 e. The Bertz CT molecular complexity index is 1260. The second-order valence-electron chi connectivity index (χ2n) is 6.71. The van der Waals surface area contributed by atoms with Crippen molar-refractivity contribution in [2.45, 2.75) is 6.18 Å². The third-order valence-electron chi connectivity index (χ3n) is 4.59. The van der Waals surface area contributed by atoms with E-state index in [1.165, 1.54) is 24.5 Å².